The lowest BCUT2D eigenvalue weighted by atomic mass is 10.2. The Hall–Kier alpha value is -3.35. The number of carboxylic acid groups (broad SMARTS) is 1. The molecule has 0 atom stereocenters. The van der Waals surface area contributed by atoms with Gasteiger partial charge in [0, 0.05) is 36.3 Å². The minimum atomic E-state index is -0.992. The summed E-state index contributed by atoms with van der Waals surface area (Å²) >= 11 is 0. The second kappa shape index (κ2) is 15.0. The lowest BCUT2D eigenvalue weighted by molar-refractivity contribution is -0.131. The fourth-order valence-electron chi connectivity index (χ4n) is 1.15. The summed E-state index contributed by atoms with van der Waals surface area (Å²) in [5.74, 6) is -0.992. The van der Waals surface area contributed by atoms with E-state index in [1.807, 2.05) is 38.1 Å². The standard InChI is InChI=1S/C12H14N2O2.C3H4O2.CH2O/c1-9(3-8-12(15)16)14-11-6-4-10(13-2)5-7-11;4-2-1-3-5;1-2/h3-8,13-14H,1H2,2H3,(H,15,16);1-4H;1H2/b8-3-;2-1-;. The van der Waals surface area contributed by atoms with Crippen LogP contribution in [0.2, 0.25) is 0 Å². The van der Waals surface area contributed by atoms with Crippen LogP contribution in [0, 0.1) is 0 Å². The highest BCUT2D eigenvalue weighted by molar-refractivity contribution is 5.80. The summed E-state index contributed by atoms with van der Waals surface area (Å²) in [5.41, 5.74) is 2.40. The van der Waals surface area contributed by atoms with E-state index >= 15 is 0 Å². The van der Waals surface area contributed by atoms with Gasteiger partial charge in [-0.3, -0.25) is 4.79 Å². The Kier molecular flexibility index (Phi) is 14.4. The van der Waals surface area contributed by atoms with Crippen LogP contribution in [0.1, 0.15) is 0 Å². The predicted octanol–water partition coefficient (Wildman–Crippen LogP) is 2.37. The maximum atomic E-state index is 10.3. The molecule has 0 aliphatic carbocycles. The van der Waals surface area contributed by atoms with E-state index < -0.39 is 5.97 Å². The third kappa shape index (κ3) is 13.4. The molecule has 0 radical (unpaired) electrons. The summed E-state index contributed by atoms with van der Waals surface area (Å²) in [4.78, 5) is 27.4. The van der Waals surface area contributed by atoms with E-state index in [0.29, 0.717) is 18.2 Å². The van der Waals surface area contributed by atoms with Crippen molar-refractivity contribution in [2.75, 3.05) is 17.7 Å². The molecule has 0 heterocycles. The Balaban J connectivity index is 0. The highest BCUT2D eigenvalue weighted by Crippen LogP contribution is 2.14. The molecule has 1 aromatic carbocycles. The van der Waals surface area contributed by atoms with E-state index in [2.05, 4.69) is 17.2 Å². The van der Waals surface area contributed by atoms with E-state index in [1.165, 1.54) is 6.08 Å². The zero-order chi connectivity index (χ0) is 18.1. The molecule has 0 amide bonds. The smallest absolute Gasteiger partial charge is 0.328 e. The first-order chi connectivity index (χ1) is 11.0. The van der Waals surface area contributed by atoms with Gasteiger partial charge in [-0.05, 0) is 30.3 Å². The monoisotopic (exact) mass is 320 g/mol. The minimum absolute atomic E-state index is 0.500. The molecule has 0 spiro atoms. The minimum Gasteiger partial charge on any atom is -0.515 e. The van der Waals surface area contributed by atoms with Gasteiger partial charge in [0.05, 0.1) is 6.26 Å². The van der Waals surface area contributed by atoms with Crippen molar-refractivity contribution in [1.29, 1.82) is 0 Å². The molecule has 124 valence electrons. The number of aliphatic hydroxyl groups is 1. The number of allylic oxidation sites excluding steroid dienone is 2. The van der Waals surface area contributed by atoms with E-state index in [4.69, 9.17) is 19.8 Å². The van der Waals surface area contributed by atoms with E-state index in [1.54, 1.807) is 0 Å². The quantitative estimate of drug-likeness (QED) is 0.275. The van der Waals surface area contributed by atoms with Gasteiger partial charge in [-0.25, -0.2) is 4.79 Å². The third-order valence-corrected chi connectivity index (χ3v) is 2.07. The summed E-state index contributed by atoms with van der Waals surface area (Å²) in [6, 6.07) is 7.59. The molecule has 0 saturated carbocycles. The number of carbonyl (C=O) groups excluding carboxylic acids is 2. The maximum Gasteiger partial charge on any atom is 0.328 e. The molecule has 0 aliphatic rings. The van der Waals surface area contributed by atoms with Crippen molar-refractivity contribution in [2.45, 2.75) is 0 Å². The SMILES string of the molecule is C=C(/C=C\C(=O)O)Nc1ccc(NC)cc1.C=O.O=C/C=C\O. The predicted molar refractivity (Wildman–Crippen MR) is 90.5 cm³/mol. The van der Waals surface area contributed by atoms with Crippen molar-refractivity contribution in [2.24, 2.45) is 0 Å². The maximum absolute atomic E-state index is 10.3. The van der Waals surface area contributed by atoms with Gasteiger partial charge in [-0.1, -0.05) is 6.58 Å². The number of nitrogens with one attached hydrogen (secondary N) is 2. The van der Waals surface area contributed by atoms with Gasteiger partial charge < -0.3 is 25.6 Å². The van der Waals surface area contributed by atoms with E-state index in [9.17, 15) is 4.79 Å². The number of hydrogen-bond acceptors (Lipinski definition) is 6. The fraction of sp³-hybridized carbons (Fsp3) is 0.0625. The topological polar surface area (TPSA) is 116 Å². The summed E-state index contributed by atoms with van der Waals surface area (Å²) in [6.45, 7) is 5.69. The van der Waals surface area contributed by atoms with Crippen LogP contribution in [-0.2, 0) is 14.4 Å². The summed E-state index contributed by atoms with van der Waals surface area (Å²) < 4.78 is 0. The lowest BCUT2D eigenvalue weighted by Crippen LogP contribution is -1.97. The fourth-order valence-corrected chi connectivity index (χ4v) is 1.15. The van der Waals surface area contributed by atoms with Crippen LogP contribution in [0.25, 0.3) is 0 Å². The molecule has 0 bridgehead atoms. The first-order valence-corrected chi connectivity index (χ1v) is 6.21. The number of aliphatic hydroxyl groups excluding tert-OH is 1. The summed E-state index contributed by atoms with van der Waals surface area (Å²) in [6.07, 6.45) is 4.64. The van der Waals surface area contributed by atoms with Crippen LogP contribution in [0.5, 0.6) is 0 Å². The Morgan fingerprint density at radius 1 is 1.13 bits per heavy atom. The first-order valence-electron chi connectivity index (χ1n) is 6.21. The van der Waals surface area contributed by atoms with Crippen molar-refractivity contribution in [3.63, 3.8) is 0 Å². The van der Waals surface area contributed by atoms with E-state index in [-0.39, 0.29) is 0 Å². The molecule has 1 rings (SSSR count). The number of benzene rings is 1. The van der Waals surface area contributed by atoms with Crippen LogP contribution < -0.4 is 10.6 Å². The van der Waals surface area contributed by atoms with Crippen LogP contribution >= 0.6 is 0 Å². The number of anilines is 2. The average Bonchev–Trinajstić information content (AvgIpc) is 2.57. The first kappa shape index (κ1) is 21.9. The van der Waals surface area contributed by atoms with Gasteiger partial charge in [0.1, 0.15) is 13.1 Å². The summed E-state index contributed by atoms with van der Waals surface area (Å²) in [7, 11) is 1.84. The average molecular weight is 320 g/mol. The van der Waals surface area contributed by atoms with Crippen molar-refractivity contribution in [3.05, 3.63) is 61.0 Å². The number of aliphatic carboxylic acids is 1. The van der Waals surface area contributed by atoms with Crippen molar-refractivity contribution < 1.29 is 24.6 Å². The largest absolute Gasteiger partial charge is 0.515 e. The zero-order valence-electron chi connectivity index (χ0n) is 12.7. The van der Waals surface area contributed by atoms with Gasteiger partial charge in [-0.2, -0.15) is 0 Å². The van der Waals surface area contributed by atoms with Crippen molar-refractivity contribution >= 4 is 30.4 Å². The molecule has 23 heavy (non-hydrogen) atoms. The Morgan fingerprint density at radius 3 is 2.00 bits per heavy atom. The van der Waals surface area contributed by atoms with Crippen LogP contribution in [-0.4, -0.2) is 36.3 Å². The third-order valence-electron chi connectivity index (χ3n) is 2.07. The molecule has 4 N–H and O–H groups in total. The van der Waals surface area contributed by atoms with Gasteiger partial charge >= 0.3 is 5.97 Å². The normalized spacial score (nSPS) is 9.09. The molecule has 7 heteroatoms. The Bertz CT molecular complexity index is 536. The van der Waals surface area contributed by atoms with Crippen molar-refractivity contribution in [1.82, 2.24) is 0 Å². The van der Waals surface area contributed by atoms with E-state index in [0.717, 1.165) is 23.5 Å². The molecule has 0 aromatic heterocycles. The zero-order valence-corrected chi connectivity index (χ0v) is 12.7. The number of rotatable bonds is 6. The molecule has 0 saturated heterocycles. The van der Waals surface area contributed by atoms with Gasteiger partial charge in [-0.15, -0.1) is 0 Å². The Labute approximate surface area is 134 Å². The Morgan fingerprint density at radius 2 is 1.65 bits per heavy atom. The number of carboxylic acids is 1. The molecule has 1 aromatic rings. The highest BCUT2D eigenvalue weighted by Gasteiger charge is 1.94. The molecule has 0 aliphatic heterocycles. The van der Waals surface area contributed by atoms with Crippen LogP contribution in [0.4, 0.5) is 11.4 Å². The summed E-state index contributed by atoms with van der Waals surface area (Å²) in [5, 5.41) is 22.1. The lowest BCUT2D eigenvalue weighted by Gasteiger charge is -2.06. The van der Waals surface area contributed by atoms with Crippen LogP contribution in [0.3, 0.4) is 0 Å². The van der Waals surface area contributed by atoms with Crippen molar-refractivity contribution in [3.8, 4) is 0 Å². The van der Waals surface area contributed by atoms with Gasteiger partial charge in [0.2, 0.25) is 0 Å². The molecular weight excluding hydrogens is 300 g/mol. The van der Waals surface area contributed by atoms with Gasteiger partial charge in [0.15, 0.2) is 0 Å². The molecule has 0 fully saturated rings. The second-order valence-electron chi connectivity index (χ2n) is 3.63. The molecule has 7 nitrogen and oxygen atoms in total. The number of carbonyl (C=O) groups is 3. The van der Waals surface area contributed by atoms with Gasteiger partial charge in [0.25, 0.3) is 0 Å². The second-order valence-corrected chi connectivity index (χ2v) is 3.63. The number of aldehydes is 1. The highest BCUT2D eigenvalue weighted by atomic mass is 16.4. The molecule has 0 unspecified atom stereocenters. The number of hydrogen-bond donors (Lipinski definition) is 4. The molecular formula is C16H20N2O5. The van der Waals surface area contributed by atoms with Crippen LogP contribution in [0.15, 0.2) is 61.0 Å².